The van der Waals surface area contributed by atoms with Crippen molar-refractivity contribution in [1.82, 2.24) is 15.2 Å². The van der Waals surface area contributed by atoms with Crippen molar-refractivity contribution in [2.75, 3.05) is 25.0 Å². The molecule has 0 radical (unpaired) electrons. The van der Waals surface area contributed by atoms with Crippen LogP contribution in [0.15, 0.2) is 33.5 Å². The molecule has 1 unspecified atom stereocenters. The highest BCUT2D eigenvalue weighted by Crippen LogP contribution is 2.27. The molecule has 1 saturated carbocycles. The smallest absolute Gasteiger partial charge is 0.408 e. The second kappa shape index (κ2) is 15.5. The van der Waals surface area contributed by atoms with Crippen LogP contribution in [0, 0.1) is 23.2 Å². The summed E-state index contributed by atoms with van der Waals surface area (Å²) in [7, 11) is 0. The molecule has 8 nitrogen and oxygen atoms in total. The standard InChI is InChI=1S/C20H25N5O3.C8H16.C2H6/c1-3-10-25-11-8-20(13-21,9-12-25)24-18(26)14(2)22-17-15-6-4-5-7-16(15)28-19(27)23-17;1-7-3-5-8(2)6-4-7;1-2/h4-7,14H,3,8-12H2,1-2H3,(H,24,26)(H,22,23,27);7-8H,3-6H2,1-2H3;1-2H3. The predicted molar refractivity (Wildman–Crippen MR) is 154 cm³/mol. The molecule has 1 aromatic carbocycles. The number of nitrogens with zero attached hydrogens (tertiary/aromatic N) is 3. The largest absolute Gasteiger partial charge is 0.441 e. The van der Waals surface area contributed by atoms with Gasteiger partial charge < -0.3 is 20.0 Å². The van der Waals surface area contributed by atoms with Crippen LogP contribution in [-0.2, 0) is 4.79 Å². The Morgan fingerprint density at radius 1 is 1.16 bits per heavy atom. The van der Waals surface area contributed by atoms with Crippen LogP contribution < -0.4 is 16.4 Å². The van der Waals surface area contributed by atoms with Gasteiger partial charge in [0.15, 0.2) is 0 Å². The summed E-state index contributed by atoms with van der Waals surface area (Å²) in [5.41, 5.74) is -0.461. The summed E-state index contributed by atoms with van der Waals surface area (Å²) < 4.78 is 5.07. The summed E-state index contributed by atoms with van der Waals surface area (Å²) in [6, 6.07) is 8.62. The minimum absolute atomic E-state index is 0.290. The van der Waals surface area contributed by atoms with Gasteiger partial charge in [-0.05, 0) is 56.7 Å². The normalized spacial score (nSPS) is 21.5. The summed E-state index contributed by atoms with van der Waals surface area (Å²) in [6.45, 7) is 15.1. The maximum atomic E-state index is 12.7. The lowest BCUT2D eigenvalue weighted by atomic mass is 9.84. The van der Waals surface area contributed by atoms with Crippen LogP contribution in [0.25, 0.3) is 11.0 Å². The number of amides is 1. The number of fused-ring (bicyclic) bond motifs is 1. The van der Waals surface area contributed by atoms with Crippen LogP contribution in [-0.4, -0.2) is 47.0 Å². The van der Waals surface area contributed by atoms with Gasteiger partial charge in [0.1, 0.15) is 23.0 Å². The van der Waals surface area contributed by atoms with Gasteiger partial charge in [-0.15, -0.1) is 0 Å². The van der Waals surface area contributed by atoms with Gasteiger partial charge in [0.2, 0.25) is 5.91 Å². The topological polar surface area (TPSA) is 111 Å². The highest BCUT2D eigenvalue weighted by atomic mass is 16.4. The highest BCUT2D eigenvalue weighted by molar-refractivity contribution is 5.91. The molecule has 2 N–H and O–H groups in total. The first kappa shape index (κ1) is 31.3. The van der Waals surface area contributed by atoms with E-state index in [1.165, 1.54) is 25.7 Å². The molecule has 38 heavy (non-hydrogen) atoms. The van der Waals surface area contributed by atoms with Crippen molar-refractivity contribution in [3.05, 3.63) is 34.8 Å². The first-order chi connectivity index (χ1) is 18.2. The van der Waals surface area contributed by atoms with Crippen LogP contribution in [0.2, 0.25) is 0 Å². The minimum atomic E-state index is -0.859. The quantitative estimate of drug-likeness (QED) is 0.495. The molecular weight excluding hydrogens is 478 g/mol. The van der Waals surface area contributed by atoms with E-state index in [2.05, 4.69) is 47.4 Å². The molecule has 210 valence electrons. The Kier molecular flexibility index (Phi) is 12.8. The van der Waals surface area contributed by atoms with Crippen LogP contribution >= 0.6 is 0 Å². The zero-order valence-electron chi connectivity index (χ0n) is 24.2. The molecule has 0 bridgehead atoms. The molecule has 4 rings (SSSR count). The third-order valence-electron chi connectivity index (χ3n) is 7.42. The minimum Gasteiger partial charge on any atom is -0.408 e. The summed E-state index contributed by atoms with van der Waals surface area (Å²) in [6.07, 6.45) is 8.15. The summed E-state index contributed by atoms with van der Waals surface area (Å²) in [5, 5.41) is 16.2. The van der Waals surface area contributed by atoms with Crippen molar-refractivity contribution in [3.8, 4) is 6.07 Å². The van der Waals surface area contributed by atoms with Gasteiger partial charge in [-0.2, -0.15) is 10.2 Å². The fourth-order valence-electron chi connectivity index (χ4n) is 4.91. The Labute approximate surface area is 228 Å². The number of likely N-dealkylation sites (tertiary alicyclic amines) is 1. The summed E-state index contributed by atoms with van der Waals surface area (Å²) >= 11 is 0. The molecule has 2 heterocycles. The first-order valence-electron chi connectivity index (χ1n) is 14.4. The van der Waals surface area contributed by atoms with Gasteiger partial charge in [-0.25, -0.2) is 4.79 Å². The zero-order chi connectivity index (χ0) is 28.1. The van der Waals surface area contributed by atoms with E-state index in [4.69, 9.17) is 4.42 Å². The van der Waals surface area contributed by atoms with Gasteiger partial charge in [-0.1, -0.05) is 72.4 Å². The van der Waals surface area contributed by atoms with Crippen LogP contribution in [0.1, 0.15) is 86.5 Å². The Balaban J connectivity index is 0.000000428. The number of hydrogen-bond donors (Lipinski definition) is 2. The van der Waals surface area contributed by atoms with Gasteiger partial charge in [0, 0.05) is 13.1 Å². The van der Waals surface area contributed by atoms with Crippen LogP contribution in [0.3, 0.4) is 0 Å². The number of carbonyl (C=O) groups is 1. The molecule has 2 aliphatic rings. The van der Waals surface area contributed by atoms with E-state index in [0.717, 1.165) is 37.9 Å². The number of benzene rings is 1. The number of hydrogen-bond acceptors (Lipinski definition) is 7. The summed E-state index contributed by atoms with van der Waals surface area (Å²) in [4.78, 5) is 30.6. The van der Waals surface area contributed by atoms with E-state index in [1.807, 2.05) is 13.8 Å². The Morgan fingerprint density at radius 2 is 1.74 bits per heavy atom. The van der Waals surface area contributed by atoms with E-state index in [9.17, 15) is 14.9 Å². The fraction of sp³-hybridized carbons (Fsp3) is 0.667. The molecule has 2 fully saturated rings. The van der Waals surface area contributed by atoms with Crippen molar-refractivity contribution in [1.29, 1.82) is 5.26 Å². The van der Waals surface area contributed by atoms with Crippen molar-refractivity contribution >= 4 is 22.7 Å². The molecule has 1 saturated heterocycles. The van der Waals surface area contributed by atoms with Gasteiger partial charge in [0.25, 0.3) is 0 Å². The number of piperidine rings is 1. The second-order valence-corrected chi connectivity index (χ2v) is 10.6. The average molecular weight is 526 g/mol. The van der Waals surface area contributed by atoms with E-state index in [-0.39, 0.29) is 5.91 Å². The number of nitrogens with one attached hydrogen (secondary N) is 2. The molecule has 0 spiro atoms. The monoisotopic (exact) mass is 525 g/mol. The van der Waals surface area contributed by atoms with Crippen molar-refractivity contribution in [3.63, 3.8) is 0 Å². The van der Waals surface area contributed by atoms with Crippen LogP contribution in [0.4, 0.5) is 5.82 Å². The van der Waals surface area contributed by atoms with E-state index < -0.39 is 17.3 Å². The lowest BCUT2D eigenvalue weighted by Crippen LogP contribution is -2.57. The van der Waals surface area contributed by atoms with Gasteiger partial charge >= 0.3 is 5.76 Å². The summed E-state index contributed by atoms with van der Waals surface area (Å²) in [5.74, 6) is 1.30. The van der Waals surface area contributed by atoms with E-state index >= 15 is 0 Å². The van der Waals surface area contributed by atoms with Gasteiger partial charge in [0.05, 0.1) is 11.5 Å². The predicted octanol–water partition coefficient (Wildman–Crippen LogP) is 5.73. The third kappa shape index (κ3) is 9.13. The molecule has 1 aromatic heterocycles. The molecule has 1 aliphatic heterocycles. The molecule has 1 amide bonds. The Morgan fingerprint density at radius 3 is 2.29 bits per heavy atom. The Hall–Kier alpha value is -2.92. The molecule has 8 heteroatoms. The maximum Gasteiger partial charge on any atom is 0.441 e. The molecule has 2 aromatic rings. The average Bonchev–Trinajstić information content (AvgIpc) is 2.93. The molecular formula is C30H47N5O3. The Bertz CT molecular complexity index is 1080. The van der Waals surface area contributed by atoms with Crippen molar-refractivity contribution in [2.24, 2.45) is 11.8 Å². The number of carbonyl (C=O) groups excluding carboxylic acids is 1. The van der Waals surface area contributed by atoms with E-state index in [0.29, 0.717) is 29.6 Å². The van der Waals surface area contributed by atoms with Crippen molar-refractivity contribution in [2.45, 2.75) is 98.1 Å². The number of para-hydroxylation sites is 1. The fourth-order valence-corrected chi connectivity index (χ4v) is 4.91. The van der Waals surface area contributed by atoms with Crippen molar-refractivity contribution < 1.29 is 9.21 Å². The first-order valence-corrected chi connectivity index (χ1v) is 14.4. The SMILES string of the molecule is CC.CC1CCC(C)CC1.CCCN1CCC(C#N)(NC(=O)C(C)Nc2nc(=O)oc3ccccc23)CC1. The molecule has 1 atom stereocenters. The van der Waals surface area contributed by atoms with E-state index in [1.54, 1.807) is 31.2 Å². The second-order valence-electron chi connectivity index (χ2n) is 10.6. The number of anilines is 1. The zero-order valence-corrected chi connectivity index (χ0v) is 24.2. The van der Waals surface area contributed by atoms with Gasteiger partial charge in [-0.3, -0.25) is 4.79 Å². The highest BCUT2D eigenvalue weighted by Gasteiger charge is 2.37. The lowest BCUT2D eigenvalue weighted by molar-refractivity contribution is -0.123. The number of aromatic nitrogens is 1. The third-order valence-corrected chi connectivity index (χ3v) is 7.42. The maximum absolute atomic E-state index is 12.7. The number of nitriles is 1. The van der Waals surface area contributed by atoms with Crippen LogP contribution in [0.5, 0.6) is 0 Å². The lowest BCUT2D eigenvalue weighted by Gasteiger charge is -2.38. The number of rotatable bonds is 6. The molecule has 1 aliphatic carbocycles.